The van der Waals surface area contributed by atoms with Gasteiger partial charge in [0.1, 0.15) is 6.29 Å². The van der Waals surface area contributed by atoms with E-state index >= 15 is 0 Å². The number of hydrogen-bond acceptors (Lipinski definition) is 4. The molecular weight excluding hydrogens is 280 g/mol. The van der Waals surface area contributed by atoms with E-state index in [1.807, 2.05) is 30.3 Å². The highest BCUT2D eigenvalue weighted by Gasteiger charge is 2.11. The maximum Gasteiger partial charge on any atom is 0.305 e. The smallest absolute Gasteiger partial charge is 0.305 e. The number of methoxy groups -OCH3 is 1. The number of hydrogen-bond donors (Lipinski definition) is 0. The molecule has 0 amide bonds. The van der Waals surface area contributed by atoms with Gasteiger partial charge in [0, 0.05) is 19.4 Å². The van der Waals surface area contributed by atoms with Gasteiger partial charge in [-0.2, -0.15) is 0 Å². The maximum atomic E-state index is 11.1. The van der Waals surface area contributed by atoms with Crippen LogP contribution >= 0.6 is 0 Å². The van der Waals surface area contributed by atoms with Gasteiger partial charge in [-0.25, -0.2) is 0 Å². The number of ether oxygens (including phenoxy) is 2. The monoisotopic (exact) mass is 306 g/mol. The molecule has 4 nitrogen and oxygen atoms in total. The Labute approximate surface area is 132 Å². The second kappa shape index (κ2) is 11.9. The molecule has 0 fully saturated rings. The molecule has 0 saturated heterocycles. The lowest BCUT2D eigenvalue weighted by atomic mass is 9.94. The molecule has 0 aliphatic carbocycles. The highest BCUT2D eigenvalue weighted by atomic mass is 16.5. The van der Waals surface area contributed by atoms with E-state index in [4.69, 9.17) is 4.74 Å². The minimum Gasteiger partial charge on any atom is -0.469 e. The van der Waals surface area contributed by atoms with Crippen LogP contribution in [0.1, 0.15) is 44.1 Å². The molecule has 0 aromatic heterocycles. The molecule has 0 bridgehead atoms. The molecule has 22 heavy (non-hydrogen) atoms. The third kappa shape index (κ3) is 8.57. The molecule has 0 aliphatic heterocycles. The molecule has 122 valence electrons. The van der Waals surface area contributed by atoms with E-state index < -0.39 is 0 Å². The van der Waals surface area contributed by atoms with Gasteiger partial charge in [-0.05, 0) is 30.7 Å². The highest BCUT2D eigenvalue weighted by molar-refractivity contribution is 5.69. The molecule has 0 heterocycles. The van der Waals surface area contributed by atoms with Crippen LogP contribution in [-0.2, 0) is 25.7 Å². The molecule has 1 aromatic rings. The van der Waals surface area contributed by atoms with E-state index in [-0.39, 0.29) is 11.9 Å². The average Bonchev–Trinajstić information content (AvgIpc) is 2.56. The van der Waals surface area contributed by atoms with E-state index in [1.165, 1.54) is 12.7 Å². The molecule has 1 aromatic carbocycles. The highest BCUT2D eigenvalue weighted by Crippen LogP contribution is 2.18. The van der Waals surface area contributed by atoms with Gasteiger partial charge < -0.3 is 14.3 Å². The van der Waals surface area contributed by atoms with Gasteiger partial charge in [-0.1, -0.05) is 36.8 Å². The number of carbonyl (C=O) groups is 2. The first-order chi connectivity index (χ1) is 10.8. The normalized spacial score (nSPS) is 11.9. The predicted octanol–water partition coefficient (Wildman–Crippen LogP) is 3.53. The fourth-order valence-corrected chi connectivity index (χ4v) is 2.34. The zero-order valence-corrected chi connectivity index (χ0v) is 13.3. The summed E-state index contributed by atoms with van der Waals surface area (Å²) >= 11 is 0. The number of benzene rings is 1. The van der Waals surface area contributed by atoms with Crippen molar-refractivity contribution in [2.45, 2.75) is 45.1 Å². The second-order valence-electron chi connectivity index (χ2n) is 5.42. The van der Waals surface area contributed by atoms with Crippen molar-refractivity contribution in [3.8, 4) is 0 Å². The number of rotatable bonds is 12. The van der Waals surface area contributed by atoms with Gasteiger partial charge in [-0.15, -0.1) is 0 Å². The second-order valence-corrected chi connectivity index (χ2v) is 5.42. The molecule has 0 N–H and O–H groups in total. The van der Waals surface area contributed by atoms with Crippen LogP contribution in [0, 0.1) is 5.92 Å². The summed E-state index contributed by atoms with van der Waals surface area (Å²) in [5.41, 5.74) is 1.18. The minimum atomic E-state index is -0.206. The third-order valence-electron chi connectivity index (χ3n) is 3.68. The summed E-state index contributed by atoms with van der Waals surface area (Å²) in [5, 5.41) is 0. The topological polar surface area (TPSA) is 52.6 Å². The van der Waals surface area contributed by atoms with Crippen molar-refractivity contribution in [1.82, 2.24) is 0 Å². The fourth-order valence-electron chi connectivity index (χ4n) is 2.34. The van der Waals surface area contributed by atoms with E-state index in [0.717, 1.165) is 38.6 Å². The molecule has 1 atom stereocenters. The zero-order valence-electron chi connectivity index (χ0n) is 13.3. The van der Waals surface area contributed by atoms with Crippen LogP contribution in [0.2, 0.25) is 0 Å². The van der Waals surface area contributed by atoms with Gasteiger partial charge >= 0.3 is 5.97 Å². The van der Waals surface area contributed by atoms with Crippen molar-refractivity contribution in [2.75, 3.05) is 13.7 Å². The van der Waals surface area contributed by atoms with Gasteiger partial charge in [-0.3, -0.25) is 4.79 Å². The summed E-state index contributed by atoms with van der Waals surface area (Å²) in [6, 6.07) is 10.1. The van der Waals surface area contributed by atoms with Crippen molar-refractivity contribution < 1.29 is 19.1 Å². The van der Waals surface area contributed by atoms with Crippen LogP contribution in [0.5, 0.6) is 0 Å². The summed E-state index contributed by atoms with van der Waals surface area (Å²) in [7, 11) is 1.39. The summed E-state index contributed by atoms with van der Waals surface area (Å²) in [5.74, 6) is 0.0628. The van der Waals surface area contributed by atoms with Crippen LogP contribution < -0.4 is 0 Å². The average molecular weight is 306 g/mol. The summed E-state index contributed by atoms with van der Waals surface area (Å²) in [6.07, 6.45) is 5.49. The SMILES string of the molecule is COC(=O)CCC(CC=O)CCCCOCc1ccccc1. The molecular formula is C18H26O4. The Morgan fingerprint density at radius 3 is 2.64 bits per heavy atom. The molecule has 0 aliphatic rings. The van der Waals surface area contributed by atoms with Gasteiger partial charge in [0.05, 0.1) is 13.7 Å². The Morgan fingerprint density at radius 2 is 1.95 bits per heavy atom. The molecule has 0 spiro atoms. The predicted molar refractivity (Wildman–Crippen MR) is 85.4 cm³/mol. The van der Waals surface area contributed by atoms with E-state index in [2.05, 4.69) is 4.74 Å². The number of carbonyl (C=O) groups excluding carboxylic acids is 2. The van der Waals surface area contributed by atoms with Gasteiger partial charge in [0.2, 0.25) is 0 Å². The largest absolute Gasteiger partial charge is 0.469 e. The van der Waals surface area contributed by atoms with Crippen LogP contribution in [0.25, 0.3) is 0 Å². The number of unbranched alkanes of at least 4 members (excludes halogenated alkanes) is 1. The Bertz CT molecular complexity index is 416. The van der Waals surface area contributed by atoms with Crippen LogP contribution in [0.3, 0.4) is 0 Å². The maximum absolute atomic E-state index is 11.1. The summed E-state index contributed by atoms with van der Waals surface area (Å²) in [6.45, 7) is 1.36. The van der Waals surface area contributed by atoms with Crippen LogP contribution in [0.4, 0.5) is 0 Å². The first-order valence-corrected chi connectivity index (χ1v) is 7.88. The van der Waals surface area contributed by atoms with Crippen molar-refractivity contribution in [3.63, 3.8) is 0 Å². The van der Waals surface area contributed by atoms with Crippen molar-refractivity contribution in [1.29, 1.82) is 0 Å². The lowest BCUT2D eigenvalue weighted by molar-refractivity contribution is -0.141. The number of esters is 1. The molecule has 1 unspecified atom stereocenters. The fraction of sp³-hybridized carbons (Fsp3) is 0.556. The van der Waals surface area contributed by atoms with Crippen LogP contribution in [0.15, 0.2) is 30.3 Å². The Hall–Kier alpha value is -1.68. The van der Waals surface area contributed by atoms with Crippen molar-refractivity contribution in [2.24, 2.45) is 5.92 Å². The lowest BCUT2D eigenvalue weighted by Crippen LogP contribution is -2.07. The summed E-state index contributed by atoms with van der Waals surface area (Å²) < 4.78 is 10.3. The van der Waals surface area contributed by atoms with Gasteiger partial charge in [0.15, 0.2) is 0 Å². The van der Waals surface area contributed by atoms with Crippen molar-refractivity contribution in [3.05, 3.63) is 35.9 Å². The molecule has 0 saturated carbocycles. The first-order valence-electron chi connectivity index (χ1n) is 7.88. The van der Waals surface area contributed by atoms with Gasteiger partial charge in [0.25, 0.3) is 0 Å². The number of aldehydes is 1. The Morgan fingerprint density at radius 1 is 1.18 bits per heavy atom. The Kier molecular flexibility index (Phi) is 9.96. The summed E-state index contributed by atoms with van der Waals surface area (Å²) in [4.78, 5) is 21.8. The van der Waals surface area contributed by atoms with Crippen molar-refractivity contribution >= 4 is 12.3 Å². The molecule has 0 radical (unpaired) electrons. The standard InChI is InChI=1S/C18H26O4/c1-21-18(20)11-10-16(12-13-19)7-5-6-14-22-15-17-8-3-2-4-9-17/h2-4,8-9,13,16H,5-7,10-12,14-15H2,1H3. The molecule has 4 heteroatoms. The van der Waals surface area contributed by atoms with Crippen LogP contribution in [-0.4, -0.2) is 26.0 Å². The van der Waals surface area contributed by atoms with E-state index in [0.29, 0.717) is 19.4 Å². The van der Waals surface area contributed by atoms with E-state index in [1.54, 1.807) is 0 Å². The lowest BCUT2D eigenvalue weighted by Gasteiger charge is -2.13. The first kappa shape index (κ1) is 18.4. The zero-order chi connectivity index (χ0) is 16.0. The third-order valence-corrected chi connectivity index (χ3v) is 3.68. The minimum absolute atomic E-state index is 0.206. The molecule has 1 rings (SSSR count). The quantitative estimate of drug-likeness (QED) is 0.337. The van der Waals surface area contributed by atoms with E-state index in [9.17, 15) is 9.59 Å². The Balaban J connectivity index is 2.09.